The highest BCUT2D eigenvalue weighted by Gasteiger charge is 2.48. The molecule has 2 N–H and O–H groups in total. The lowest BCUT2D eigenvalue weighted by Crippen LogP contribution is -2.61. The summed E-state index contributed by atoms with van der Waals surface area (Å²) in [5.74, 6) is -0.878. The van der Waals surface area contributed by atoms with E-state index >= 15 is 0 Å². The normalized spacial score (nSPS) is 25.7. The number of carbonyl (C=O) groups excluding carboxylic acids is 2. The third-order valence-electron chi connectivity index (χ3n) is 5.06. The molecule has 0 aromatic heterocycles. The number of benzene rings is 1. The number of carbonyl (C=O) groups is 2. The SMILES string of the molecule is CCCCC(=O)OC[C@H]1OC(O)[C@H](O)[C@@H](OC(=O)CCCC)[C@@H]1OCc1ccccc1. The number of esters is 2. The summed E-state index contributed by atoms with van der Waals surface area (Å²) in [7, 11) is 0. The van der Waals surface area contributed by atoms with Crippen LogP contribution in [0.3, 0.4) is 0 Å². The molecule has 0 spiro atoms. The van der Waals surface area contributed by atoms with Gasteiger partial charge in [0.15, 0.2) is 12.4 Å². The van der Waals surface area contributed by atoms with E-state index < -0.39 is 36.7 Å². The fourth-order valence-electron chi connectivity index (χ4n) is 3.25. The summed E-state index contributed by atoms with van der Waals surface area (Å²) in [5, 5.41) is 20.6. The molecule has 0 aliphatic carbocycles. The molecule has 1 saturated heterocycles. The number of rotatable bonds is 12. The standard InChI is InChI=1S/C23H34O8/c1-3-5-12-18(24)28-15-17-21(29-14-16-10-8-7-9-11-16)22(20(26)23(27)30-17)31-19(25)13-6-4-2/h7-11,17,20-23,26-27H,3-6,12-15H2,1-2H3/t17-,20-,21-,22-,23?/m1/s1. The Balaban J connectivity index is 2.12. The number of hydrogen-bond acceptors (Lipinski definition) is 8. The zero-order chi connectivity index (χ0) is 22.6. The molecule has 8 heteroatoms. The second-order valence-corrected chi connectivity index (χ2v) is 7.66. The van der Waals surface area contributed by atoms with Gasteiger partial charge in [-0.1, -0.05) is 57.0 Å². The number of hydrogen-bond donors (Lipinski definition) is 2. The van der Waals surface area contributed by atoms with Crippen molar-refractivity contribution in [3.63, 3.8) is 0 Å². The quantitative estimate of drug-likeness (QED) is 0.479. The molecule has 0 radical (unpaired) electrons. The largest absolute Gasteiger partial charge is 0.463 e. The van der Waals surface area contributed by atoms with Crippen LogP contribution in [0.25, 0.3) is 0 Å². The van der Waals surface area contributed by atoms with Crippen molar-refractivity contribution in [2.75, 3.05) is 6.61 Å². The second-order valence-electron chi connectivity index (χ2n) is 7.66. The molecule has 1 aromatic carbocycles. The van der Waals surface area contributed by atoms with Crippen LogP contribution in [-0.2, 0) is 35.1 Å². The summed E-state index contributed by atoms with van der Waals surface area (Å²) in [6, 6.07) is 9.35. The summed E-state index contributed by atoms with van der Waals surface area (Å²) in [5.41, 5.74) is 0.873. The molecule has 1 aliphatic heterocycles. The van der Waals surface area contributed by atoms with Gasteiger partial charge in [-0.05, 0) is 18.4 Å². The highest BCUT2D eigenvalue weighted by molar-refractivity contribution is 5.70. The average molecular weight is 439 g/mol. The van der Waals surface area contributed by atoms with E-state index in [1.165, 1.54) is 0 Å². The van der Waals surface area contributed by atoms with E-state index in [4.69, 9.17) is 18.9 Å². The van der Waals surface area contributed by atoms with Gasteiger partial charge in [0.25, 0.3) is 0 Å². The predicted molar refractivity (Wildman–Crippen MR) is 112 cm³/mol. The van der Waals surface area contributed by atoms with Gasteiger partial charge in [0.05, 0.1) is 6.61 Å². The molecule has 0 bridgehead atoms. The summed E-state index contributed by atoms with van der Waals surface area (Å²) in [6.07, 6.45) is -2.57. The van der Waals surface area contributed by atoms with Crippen molar-refractivity contribution in [2.45, 2.75) is 89.7 Å². The van der Waals surface area contributed by atoms with E-state index in [-0.39, 0.29) is 32.0 Å². The van der Waals surface area contributed by atoms with Crippen LogP contribution in [0.5, 0.6) is 0 Å². The van der Waals surface area contributed by atoms with Crippen LogP contribution in [-0.4, -0.2) is 59.5 Å². The fourth-order valence-corrected chi connectivity index (χ4v) is 3.25. The third kappa shape index (κ3) is 8.22. The van der Waals surface area contributed by atoms with Crippen molar-refractivity contribution in [3.8, 4) is 0 Å². The molecule has 2 rings (SSSR count). The van der Waals surface area contributed by atoms with Gasteiger partial charge in [-0.2, -0.15) is 0 Å². The second kappa shape index (κ2) is 13.4. The zero-order valence-corrected chi connectivity index (χ0v) is 18.3. The summed E-state index contributed by atoms with van der Waals surface area (Å²) in [6.45, 7) is 3.91. The maximum atomic E-state index is 12.2. The van der Waals surface area contributed by atoms with Gasteiger partial charge in [0.1, 0.15) is 24.9 Å². The molecule has 1 heterocycles. The van der Waals surface area contributed by atoms with E-state index in [0.717, 1.165) is 18.4 Å². The van der Waals surface area contributed by atoms with E-state index in [9.17, 15) is 19.8 Å². The Labute approximate surface area is 183 Å². The molecule has 174 valence electrons. The number of aliphatic hydroxyl groups excluding tert-OH is 2. The van der Waals surface area contributed by atoms with E-state index in [0.29, 0.717) is 12.8 Å². The molecule has 31 heavy (non-hydrogen) atoms. The first kappa shape index (κ1) is 25.3. The Hall–Kier alpha value is -2.00. The number of ether oxygens (including phenoxy) is 4. The monoisotopic (exact) mass is 438 g/mol. The Morgan fingerprint density at radius 1 is 0.968 bits per heavy atom. The Bertz CT molecular complexity index is 665. The van der Waals surface area contributed by atoms with Crippen LogP contribution in [0.1, 0.15) is 57.9 Å². The minimum Gasteiger partial charge on any atom is -0.463 e. The van der Waals surface area contributed by atoms with Crippen molar-refractivity contribution >= 4 is 11.9 Å². The van der Waals surface area contributed by atoms with Gasteiger partial charge in [0.2, 0.25) is 0 Å². The van der Waals surface area contributed by atoms with Gasteiger partial charge >= 0.3 is 11.9 Å². The van der Waals surface area contributed by atoms with E-state index in [1.807, 2.05) is 44.2 Å². The van der Waals surface area contributed by atoms with Crippen LogP contribution < -0.4 is 0 Å². The molecule has 1 aliphatic rings. The van der Waals surface area contributed by atoms with Gasteiger partial charge in [-0.3, -0.25) is 9.59 Å². The summed E-state index contributed by atoms with van der Waals surface area (Å²) in [4.78, 5) is 24.2. The van der Waals surface area contributed by atoms with Gasteiger partial charge in [-0.15, -0.1) is 0 Å². The Kier molecular flexibility index (Phi) is 10.9. The molecule has 1 unspecified atom stereocenters. The highest BCUT2D eigenvalue weighted by Crippen LogP contribution is 2.27. The van der Waals surface area contributed by atoms with Crippen LogP contribution in [0.4, 0.5) is 0 Å². The van der Waals surface area contributed by atoms with Crippen molar-refractivity contribution in [3.05, 3.63) is 35.9 Å². The minimum atomic E-state index is -1.60. The van der Waals surface area contributed by atoms with Gasteiger partial charge in [0, 0.05) is 12.8 Å². The van der Waals surface area contributed by atoms with Crippen LogP contribution in [0.2, 0.25) is 0 Å². The van der Waals surface area contributed by atoms with Crippen molar-refractivity contribution in [1.82, 2.24) is 0 Å². The minimum absolute atomic E-state index is 0.168. The lowest BCUT2D eigenvalue weighted by atomic mass is 9.98. The first-order valence-corrected chi connectivity index (χ1v) is 11.0. The highest BCUT2D eigenvalue weighted by atomic mass is 16.7. The average Bonchev–Trinajstić information content (AvgIpc) is 2.78. The van der Waals surface area contributed by atoms with Gasteiger partial charge < -0.3 is 29.2 Å². The number of unbranched alkanes of at least 4 members (excludes halogenated alkanes) is 2. The maximum Gasteiger partial charge on any atom is 0.306 e. The van der Waals surface area contributed by atoms with E-state index in [2.05, 4.69) is 0 Å². The van der Waals surface area contributed by atoms with Crippen LogP contribution in [0, 0.1) is 0 Å². The Morgan fingerprint density at radius 2 is 1.61 bits per heavy atom. The molecule has 5 atom stereocenters. The zero-order valence-electron chi connectivity index (χ0n) is 18.3. The van der Waals surface area contributed by atoms with Crippen LogP contribution >= 0.6 is 0 Å². The molecule has 8 nitrogen and oxygen atoms in total. The third-order valence-corrected chi connectivity index (χ3v) is 5.06. The predicted octanol–water partition coefficient (Wildman–Crippen LogP) is 2.49. The number of aliphatic hydroxyl groups is 2. The molecular formula is C23H34O8. The molecule has 1 aromatic rings. The fraction of sp³-hybridized carbons (Fsp3) is 0.652. The maximum absolute atomic E-state index is 12.2. The lowest BCUT2D eigenvalue weighted by Gasteiger charge is -2.42. The lowest BCUT2D eigenvalue weighted by molar-refractivity contribution is -0.299. The molecule has 0 saturated carbocycles. The van der Waals surface area contributed by atoms with Crippen molar-refractivity contribution in [2.24, 2.45) is 0 Å². The van der Waals surface area contributed by atoms with Crippen LogP contribution in [0.15, 0.2) is 30.3 Å². The topological polar surface area (TPSA) is 112 Å². The smallest absolute Gasteiger partial charge is 0.306 e. The van der Waals surface area contributed by atoms with Crippen molar-refractivity contribution in [1.29, 1.82) is 0 Å². The molecule has 0 amide bonds. The first-order valence-electron chi connectivity index (χ1n) is 11.0. The Morgan fingerprint density at radius 3 is 2.26 bits per heavy atom. The molecule has 1 fully saturated rings. The van der Waals surface area contributed by atoms with Crippen molar-refractivity contribution < 1.29 is 38.7 Å². The first-order chi connectivity index (χ1) is 15.0. The molecular weight excluding hydrogens is 404 g/mol. The van der Waals surface area contributed by atoms with E-state index in [1.54, 1.807) is 0 Å². The summed E-state index contributed by atoms with van der Waals surface area (Å²) < 4.78 is 22.2. The van der Waals surface area contributed by atoms with Gasteiger partial charge in [-0.25, -0.2) is 0 Å². The summed E-state index contributed by atoms with van der Waals surface area (Å²) >= 11 is 0.